The largest absolute Gasteiger partial charge is 0.512 e. The molecule has 0 saturated heterocycles. The van der Waals surface area contributed by atoms with Crippen molar-refractivity contribution in [3.8, 4) is 11.3 Å². The second kappa shape index (κ2) is 9.64. The van der Waals surface area contributed by atoms with Gasteiger partial charge < -0.3 is 10.1 Å². The van der Waals surface area contributed by atoms with Gasteiger partial charge in [-0.05, 0) is 24.6 Å². The van der Waals surface area contributed by atoms with E-state index < -0.39 is 5.41 Å². The van der Waals surface area contributed by atoms with Crippen LogP contribution in [0.1, 0.15) is 39.3 Å². The van der Waals surface area contributed by atoms with Crippen LogP contribution < -0.4 is 0 Å². The molecule has 0 bridgehead atoms. The van der Waals surface area contributed by atoms with Crippen molar-refractivity contribution >= 4 is 5.78 Å². The van der Waals surface area contributed by atoms with E-state index in [9.17, 15) is 9.90 Å². The Labute approximate surface area is 163 Å². The van der Waals surface area contributed by atoms with Crippen LogP contribution in [0.15, 0.2) is 54.3 Å². The standard InChI is InChI=1S/C21H24NO2.Ir/c1-21(2,3)20(24)15-18(23)13-7-11-17-12-8-14-19(22-17)16-9-5-4-6-10-16;/h4-6,8-9,12,14-15,23H,7,11,13H2,1-3H3;/q-1;. The van der Waals surface area contributed by atoms with Crippen molar-refractivity contribution in [3.63, 3.8) is 0 Å². The number of carbonyl (C=O) groups is 1. The fraction of sp³-hybridized carbons (Fsp3) is 0.333. The van der Waals surface area contributed by atoms with Gasteiger partial charge in [0, 0.05) is 43.7 Å². The van der Waals surface area contributed by atoms with Crippen molar-refractivity contribution in [3.05, 3.63) is 66.1 Å². The summed E-state index contributed by atoms with van der Waals surface area (Å²) in [5, 5.41) is 9.91. The number of aliphatic hydroxyl groups excluding tert-OH is 1. The van der Waals surface area contributed by atoms with Crippen molar-refractivity contribution in [1.29, 1.82) is 0 Å². The van der Waals surface area contributed by atoms with Crippen LogP contribution in [0.2, 0.25) is 0 Å². The minimum atomic E-state index is -0.462. The van der Waals surface area contributed by atoms with Crippen LogP contribution in [0, 0.1) is 11.5 Å². The minimum absolute atomic E-state index is 0. The van der Waals surface area contributed by atoms with E-state index in [1.165, 1.54) is 6.08 Å². The van der Waals surface area contributed by atoms with Crippen LogP contribution in [-0.2, 0) is 31.3 Å². The van der Waals surface area contributed by atoms with Gasteiger partial charge in [-0.2, -0.15) is 0 Å². The Morgan fingerprint density at radius 1 is 1.20 bits per heavy atom. The summed E-state index contributed by atoms with van der Waals surface area (Å²) in [4.78, 5) is 16.5. The zero-order valence-corrected chi connectivity index (χ0v) is 17.3. The molecule has 0 spiro atoms. The molecule has 25 heavy (non-hydrogen) atoms. The molecule has 2 rings (SSSR count). The number of hydrogen-bond acceptors (Lipinski definition) is 3. The van der Waals surface area contributed by atoms with Gasteiger partial charge >= 0.3 is 0 Å². The molecule has 0 atom stereocenters. The molecule has 1 aromatic heterocycles. The van der Waals surface area contributed by atoms with Crippen LogP contribution in [0.5, 0.6) is 0 Å². The minimum Gasteiger partial charge on any atom is -0.512 e. The van der Waals surface area contributed by atoms with Crippen LogP contribution in [0.25, 0.3) is 11.3 Å². The maximum atomic E-state index is 11.9. The third-order valence-corrected chi connectivity index (χ3v) is 3.69. The Bertz CT molecular complexity index is 718. The average molecular weight is 515 g/mol. The monoisotopic (exact) mass is 515 g/mol. The number of carbonyl (C=O) groups excluding carboxylic acids is 1. The second-order valence-electron chi connectivity index (χ2n) is 6.89. The zero-order valence-electron chi connectivity index (χ0n) is 14.9. The summed E-state index contributed by atoms with van der Waals surface area (Å²) < 4.78 is 0. The van der Waals surface area contributed by atoms with E-state index in [-0.39, 0.29) is 31.6 Å². The Morgan fingerprint density at radius 2 is 1.96 bits per heavy atom. The molecule has 0 saturated carbocycles. The maximum Gasteiger partial charge on any atom is 0.164 e. The molecule has 1 heterocycles. The molecule has 0 aliphatic carbocycles. The van der Waals surface area contributed by atoms with Crippen LogP contribution in [0.3, 0.4) is 0 Å². The summed E-state index contributed by atoms with van der Waals surface area (Å²) in [6, 6.07) is 16.9. The van der Waals surface area contributed by atoms with E-state index in [0.717, 1.165) is 29.8 Å². The molecule has 0 unspecified atom stereocenters. The number of hydrogen-bond donors (Lipinski definition) is 1. The molecular formula is C21H24IrNO2-. The van der Waals surface area contributed by atoms with Crippen LogP contribution >= 0.6 is 0 Å². The van der Waals surface area contributed by atoms with E-state index in [2.05, 4.69) is 11.1 Å². The second-order valence-corrected chi connectivity index (χ2v) is 6.89. The van der Waals surface area contributed by atoms with E-state index >= 15 is 0 Å². The fourth-order valence-electron chi connectivity index (χ4n) is 2.21. The summed E-state index contributed by atoms with van der Waals surface area (Å²) in [5.74, 6) is 0.0854. The molecule has 0 fully saturated rings. The van der Waals surface area contributed by atoms with Crippen LogP contribution in [0.4, 0.5) is 0 Å². The van der Waals surface area contributed by atoms with Gasteiger partial charge in [-0.3, -0.25) is 4.79 Å². The Kier molecular flexibility index (Phi) is 8.21. The van der Waals surface area contributed by atoms with Gasteiger partial charge in [-0.25, -0.2) is 0 Å². The van der Waals surface area contributed by atoms with Crippen molar-refractivity contribution in [2.75, 3.05) is 0 Å². The quantitative estimate of drug-likeness (QED) is 0.338. The summed E-state index contributed by atoms with van der Waals surface area (Å²) in [5.41, 5.74) is 2.38. The molecule has 4 heteroatoms. The van der Waals surface area contributed by atoms with E-state index in [0.29, 0.717) is 6.42 Å². The molecule has 135 valence electrons. The van der Waals surface area contributed by atoms with Gasteiger partial charge in [0.05, 0.1) is 5.76 Å². The van der Waals surface area contributed by atoms with Gasteiger partial charge in [0.1, 0.15) is 0 Å². The van der Waals surface area contributed by atoms with Gasteiger partial charge in [0.25, 0.3) is 0 Å². The van der Waals surface area contributed by atoms with Gasteiger partial charge in [-0.1, -0.05) is 32.9 Å². The molecule has 1 N–H and O–H groups in total. The van der Waals surface area contributed by atoms with E-state index in [1.807, 2.05) is 63.2 Å². The SMILES string of the molecule is CC(C)(C)C(=O)C=C(O)CCCc1cccc(-c2[c-]cccc2)n1.[Ir]. The summed E-state index contributed by atoms with van der Waals surface area (Å²) in [7, 11) is 0. The number of ketones is 1. The van der Waals surface area contributed by atoms with Crippen molar-refractivity contribution in [2.24, 2.45) is 5.41 Å². The number of pyridine rings is 1. The molecule has 1 aromatic carbocycles. The predicted molar refractivity (Wildman–Crippen MR) is 96.6 cm³/mol. The van der Waals surface area contributed by atoms with Gasteiger partial charge in [0.15, 0.2) is 5.78 Å². The summed E-state index contributed by atoms with van der Waals surface area (Å²) in [6.45, 7) is 5.53. The Hall–Kier alpha value is -1.77. The molecule has 2 aromatic rings. The summed E-state index contributed by atoms with van der Waals surface area (Å²) >= 11 is 0. The molecule has 0 amide bonds. The first-order valence-corrected chi connectivity index (χ1v) is 8.23. The first-order chi connectivity index (χ1) is 11.4. The average Bonchev–Trinajstić information content (AvgIpc) is 2.55. The van der Waals surface area contributed by atoms with Crippen LogP contribution in [-0.4, -0.2) is 15.9 Å². The predicted octanol–water partition coefficient (Wildman–Crippen LogP) is 4.93. The maximum absolute atomic E-state index is 11.9. The van der Waals surface area contributed by atoms with Crippen molar-refractivity contribution < 1.29 is 30.0 Å². The molecular weight excluding hydrogens is 490 g/mol. The normalized spacial score (nSPS) is 11.7. The number of benzene rings is 1. The first-order valence-electron chi connectivity index (χ1n) is 8.23. The Morgan fingerprint density at radius 3 is 2.60 bits per heavy atom. The molecule has 1 radical (unpaired) electrons. The smallest absolute Gasteiger partial charge is 0.164 e. The zero-order chi connectivity index (χ0) is 17.6. The number of nitrogens with zero attached hydrogens (tertiary/aromatic N) is 1. The first kappa shape index (κ1) is 21.3. The number of aryl methyl sites for hydroxylation is 1. The van der Waals surface area contributed by atoms with Crippen molar-refractivity contribution in [2.45, 2.75) is 40.0 Å². The van der Waals surface area contributed by atoms with Gasteiger partial charge in [-0.15, -0.1) is 35.9 Å². The topological polar surface area (TPSA) is 50.2 Å². The molecule has 3 nitrogen and oxygen atoms in total. The summed E-state index contributed by atoms with van der Waals surface area (Å²) in [6.07, 6.45) is 3.32. The number of aliphatic hydroxyl groups is 1. The number of aromatic nitrogens is 1. The van der Waals surface area contributed by atoms with Crippen molar-refractivity contribution in [1.82, 2.24) is 4.98 Å². The van der Waals surface area contributed by atoms with Gasteiger partial charge in [0.2, 0.25) is 0 Å². The number of allylic oxidation sites excluding steroid dienone is 2. The fourth-order valence-corrected chi connectivity index (χ4v) is 2.21. The third kappa shape index (κ3) is 6.93. The Balaban J connectivity index is 0.00000312. The molecule has 0 aliphatic heterocycles. The molecule has 0 aliphatic rings. The van der Waals surface area contributed by atoms with E-state index in [4.69, 9.17) is 0 Å². The van der Waals surface area contributed by atoms with E-state index in [1.54, 1.807) is 0 Å². The third-order valence-electron chi connectivity index (χ3n) is 3.69. The number of rotatable bonds is 6.